The second-order valence-electron chi connectivity index (χ2n) is 10.5. The molecule has 5 rings (SSSR count). The summed E-state index contributed by atoms with van der Waals surface area (Å²) in [5.74, 6) is 0.171. The lowest BCUT2D eigenvalue weighted by atomic mass is 9.98. The Morgan fingerprint density at radius 2 is 1.58 bits per heavy atom. The summed E-state index contributed by atoms with van der Waals surface area (Å²) in [6.45, 7) is 12.0. The summed E-state index contributed by atoms with van der Waals surface area (Å²) in [6, 6.07) is 19.5. The van der Waals surface area contributed by atoms with Gasteiger partial charge in [0.05, 0.1) is 12.7 Å². The molecule has 2 aromatic rings. The molecule has 0 radical (unpaired) electrons. The number of likely N-dealkylation sites (tertiary alicyclic amines) is 1. The predicted octanol–water partition coefficient (Wildman–Crippen LogP) is 4.11. The van der Waals surface area contributed by atoms with E-state index in [1.54, 1.807) is 0 Å². The molecule has 3 saturated heterocycles. The molecule has 0 bridgehead atoms. The van der Waals surface area contributed by atoms with Crippen molar-refractivity contribution in [2.24, 2.45) is 0 Å². The van der Waals surface area contributed by atoms with E-state index in [4.69, 9.17) is 4.74 Å². The molecule has 3 aliphatic rings. The first-order valence-electron chi connectivity index (χ1n) is 14.0. The summed E-state index contributed by atoms with van der Waals surface area (Å²) in [5, 5.41) is 0. The van der Waals surface area contributed by atoms with E-state index in [0.29, 0.717) is 18.8 Å². The molecule has 6 heteroatoms. The van der Waals surface area contributed by atoms with Crippen molar-refractivity contribution in [3.63, 3.8) is 0 Å². The number of piperazine rings is 1. The quantitative estimate of drug-likeness (QED) is 0.584. The Bertz CT molecular complexity index is 951. The minimum absolute atomic E-state index is 0.171. The monoisotopic (exact) mass is 490 g/mol. The van der Waals surface area contributed by atoms with Crippen molar-refractivity contribution in [1.82, 2.24) is 14.7 Å². The van der Waals surface area contributed by atoms with E-state index in [2.05, 4.69) is 64.1 Å². The minimum Gasteiger partial charge on any atom is -0.372 e. The van der Waals surface area contributed by atoms with Gasteiger partial charge in [0, 0.05) is 63.1 Å². The van der Waals surface area contributed by atoms with Gasteiger partial charge in [0.25, 0.3) is 5.91 Å². The van der Waals surface area contributed by atoms with Gasteiger partial charge in [0.1, 0.15) is 0 Å². The Morgan fingerprint density at radius 3 is 2.28 bits per heavy atom. The molecule has 2 aromatic carbocycles. The Hall–Kier alpha value is -2.41. The molecule has 0 aliphatic carbocycles. The van der Waals surface area contributed by atoms with E-state index in [9.17, 15) is 4.79 Å². The molecule has 36 heavy (non-hydrogen) atoms. The number of anilines is 1. The van der Waals surface area contributed by atoms with Gasteiger partial charge in [0.2, 0.25) is 0 Å². The second kappa shape index (κ2) is 12.2. The van der Waals surface area contributed by atoms with Crippen LogP contribution in [0, 0.1) is 0 Å². The molecule has 194 valence electrons. The molecule has 1 atom stereocenters. The molecular weight excluding hydrogens is 448 g/mol. The average molecular weight is 491 g/mol. The highest BCUT2D eigenvalue weighted by atomic mass is 16.5. The summed E-state index contributed by atoms with van der Waals surface area (Å²) >= 11 is 0. The highest BCUT2D eigenvalue weighted by Gasteiger charge is 2.29. The van der Waals surface area contributed by atoms with Crippen LogP contribution >= 0.6 is 0 Å². The SMILES string of the molecule is CCN1CCN(C(=O)c2ccc(N3CCC(N4CCCC(OCc5ccccc5)C4)CC3)cc2)CC1. The number of benzene rings is 2. The smallest absolute Gasteiger partial charge is 0.253 e. The second-order valence-corrected chi connectivity index (χ2v) is 10.5. The van der Waals surface area contributed by atoms with Crippen LogP contribution in [0.2, 0.25) is 0 Å². The number of nitrogens with zero attached hydrogens (tertiary/aromatic N) is 4. The van der Waals surface area contributed by atoms with Crippen molar-refractivity contribution in [3.05, 3.63) is 65.7 Å². The zero-order valence-corrected chi connectivity index (χ0v) is 21.9. The van der Waals surface area contributed by atoms with Crippen LogP contribution in [-0.2, 0) is 11.3 Å². The predicted molar refractivity (Wildman–Crippen MR) is 146 cm³/mol. The number of piperidine rings is 2. The van der Waals surface area contributed by atoms with Gasteiger partial charge in [-0.2, -0.15) is 0 Å². The number of amides is 1. The Balaban J connectivity index is 1.08. The van der Waals surface area contributed by atoms with Crippen LogP contribution in [-0.4, -0.2) is 91.7 Å². The fourth-order valence-electron chi connectivity index (χ4n) is 5.98. The summed E-state index contributed by atoms with van der Waals surface area (Å²) in [4.78, 5) is 22.5. The summed E-state index contributed by atoms with van der Waals surface area (Å²) in [5.41, 5.74) is 3.31. The Morgan fingerprint density at radius 1 is 0.861 bits per heavy atom. The standard InChI is InChI=1S/C30H42N4O2/c1-2-31-19-21-33(22-20-31)30(35)26-10-12-27(13-11-26)32-17-14-28(15-18-32)34-16-6-9-29(23-34)36-24-25-7-4-3-5-8-25/h3-5,7-8,10-13,28-29H,2,6,9,14-24H2,1H3. The van der Waals surface area contributed by atoms with Gasteiger partial charge in [0.15, 0.2) is 0 Å². The van der Waals surface area contributed by atoms with E-state index in [1.165, 1.54) is 43.5 Å². The largest absolute Gasteiger partial charge is 0.372 e. The molecule has 1 unspecified atom stereocenters. The molecule has 3 heterocycles. The van der Waals surface area contributed by atoms with Crippen LogP contribution in [0.3, 0.4) is 0 Å². The molecule has 0 saturated carbocycles. The molecule has 6 nitrogen and oxygen atoms in total. The Labute approximate surface area is 216 Å². The van der Waals surface area contributed by atoms with Crippen LogP contribution < -0.4 is 4.90 Å². The van der Waals surface area contributed by atoms with Crippen molar-refractivity contribution < 1.29 is 9.53 Å². The number of hydrogen-bond donors (Lipinski definition) is 0. The zero-order chi connectivity index (χ0) is 24.7. The maximum absolute atomic E-state index is 12.9. The van der Waals surface area contributed by atoms with E-state index in [1.807, 2.05) is 17.0 Å². The van der Waals surface area contributed by atoms with Gasteiger partial charge in [-0.3, -0.25) is 9.69 Å². The van der Waals surface area contributed by atoms with Crippen molar-refractivity contribution in [1.29, 1.82) is 0 Å². The minimum atomic E-state index is 0.171. The summed E-state index contributed by atoms with van der Waals surface area (Å²) in [6.07, 6.45) is 5.11. The third kappa shape index (κ3) is 6.28. The number of rotatable bonds is 7. The van der Waals surface area contributed by atoms with E-state index in [-0.39, 0.29) is 5.91 Å². The van der Waals surface area contributed by atoms with Crippen molar-refractivity contribution >= 4 is 11.6 Å². The van der Waals surface area contributed by atoms with Gasteiger partial charge in [-0.15, -0.1) is 0 Å². The van der Waals surface area contributed by atoms with Crippen LogP contribution in [0.5, 0.6) is 0 Å². The highest BCUT2D eigenvalue weighted by Crippen LogP contribution is 2.26. The fraction of sp³-hybridized carbons (Fsp3) is 0.567. The van der Waals surface area contributed by atoms with Crippen molar-refractivity contribution in [2.45, 2.75) is 51.4 Å². The summed E-state index contributed by atoms with van der Waals surface area (Å²) in [7, 11) is 0. The van der Waals surface area contributed by atoms with Gasteiger partial charge in [-0.25, -0.2) is 0 Å². The summed E-state index contributed by atoms with van der Waals surface area (Å²) < 4.78 is 6.28. The van der Waals surface area contributed by atoms with Crippen LogP contribution in [0.15, 0.2) is 54.6 Å². The van der Waals surface area contributed by atoms with E-state index >= 15 is 0 Å². The average Bonchev–Trinajstić information content (AvgIpc) is 2.97. The molecular formula is C30H42N4O2. The lowest BCUT2D eigenvalue weighted by Gasteiger charge is -2.42. The first-order chi connectivity index (χ1) is 17.7. The topological polar surface area (TPSA) is 39.3 Å². The van der Waals surface area contributed by atoms with Gasteiger partial charge < -0.3 is 19.4 Å². The molecule has 0 spiro atoms. The molecule has 0 N–H and O–H groups in total. The third-order valence-electron chi connectivity index (χ3n) is 8.31. The Kier molecular flexibility index (Phi) is 8.57. The number of hydrogen-bond acceptors (Lipinski definition) is 5. The number of carbonyl (C=O) groups excluding carboxylic acids is 1. The van der Waals surface area contributed by atoms with E-state index < -0.39 is 0 Å². The molecule has 3 fully saturated rings. The van der Waals surface area contributed by atoms with E-state index in [0.717, 1.165) is 57.9 Å². The van der Waals surface area contributed by atoms with Gasteiger partial charge in [-0.05, 0) is 68.6 Å². The van der Waals surface area contributed by atoms with Crippen LogP contribution in [0.4, 0.5) is 5.69 Å². The lowest BCUT2D eigenvalue weighted by Crippen LogP contribution is -2.50. The zero-order valence-electron chi connectivity index (χ0n) is 21.9. The van der Waals surface area contributed by atoms with Crippen molar-refractivity contribution in [3.8, 4) is 0 Å². The lowest BCUT2D eigenvalue weighted by molar-refractivity contribution is -0.0241. The van der Waals surface area contributed by atoms with Gasteiger partial charge in [-0.1, -0.05) is 37.3 Å². The number of likely N-dealkylation sites (N-methyl/N-ethyl adjacent to an activating group) is 1. The first kappa shape index (κ1) is 25.2. The molecule has 0 aromatic heterocycles. The first-order valence-corrected chi connectivity index (χ1v) is 14.0. The maximum Gasteiger partial charge on any atom is 0.253 e. The third-order valence-corrected chi connectivity index (χ3v) is 8.31. The molecule has 3 aliphatic heterocycles. The molecule has 1 amide bonds. The highest BCUT2D eigenvalue weighted by molar-refractivity contribution is 5.94. The van der Waals surface area contributed by atoms with Crippen molar-refractivity contribution in [2.75, 3.05) is 63.8 Å². The normalized spacial score (nSPS) is 22.6. The van der Waals surface area contributed by atoms with Crippen LogP contribution in [0.1, 0.15) is 48.5 Å². The van der Waals surface area contributed by atoms with Gasteiger partial charge >= 0.3 is 0 Å². The maximum atomic E-state index is 12.9. The van der Waals surface area contributed by atoms with Crippen LogP contribution in [0.25, 0.3) is 0 Å². The number of carbonyl (C=O) groups is 1. The fourth-order valence-corrected chi connectivity index (χ4v) is 5.98. The number of ether oxygens (including phenoxy) is 1.